The lowest BCUT2D eigenvalue weighted by molar-refractivity contribution is -0.379. The Labute approximate surface area is 340 Å². The van der Waals surface area contributed by atoms with Gasteiger partial charge in [0.25, 0.3) is 0 Å². The summed E-state index contributed by atoms with van der Waals surface area (Å²) in [4.78, 5) is 12.8. The average molecular weight is 842 g/mol. The summed E-state index contributed by atoms with van der Waals surface area (Å²) in [5.41, 5.74) is 0. The third kappa shape index (κ3) is 14.9. The third-order valence-corrected chi connectivity index (χ3v) is 10.8. The highest BCUT2D eigenvalue weighted by atomic mass is 16.8. The minimum Gasteiger partial charge on any atom is -0.394 e. The van der Waals surface area contributed by atoms with E-state index in [0.29, 0.717) is 6.42 Å². The molecule has 0 spiro atoms. The van der Waals surface area contributed by atoms with E-state index in [-0.39, 0.29) is 18.9 Å². The van der Waals surface area contributed by atoms with Crippen LogP contribution in [0.5, 0.6) is 0 Å². The molecule has 0 bridgehead atoms. The van der Waals surface area contributed by atoms with E-state index >= 15 is 0 Å². The third-order valence-electron chi connectivity index (χ3n) is 10.8. The first-order valence-electron chi connectivity index (χ1n) is 20.9. The molecule has 3 saturated heterocycles. The molecule has 3 heterocycles. The number of hydrogen-bond donors (Lipinski definition) is 12. The van der Waals surface area contributed by atoms with E-state index in [1.54, 1.807) is 6.08 Å². The predicted octanol–water partition coefficient (Wildman–Crippen LogP) is -2.04. The van der Waals surface area contributed by atoms with E-state index in [0.717, 1.165) is 38.5 Å². The zero-order valence-electron chi connectivity index (χ0n) is 33.8. The van der Waals surface area contributed by atoms with Crippen molar-refractivity contribution in [3.8, 4) is 0 Å². The summed E-state index contributed by atoms with van der Waals surface area (Å²) in [7, 11) is 0. The van der Waals surface area contributed by atoms with Gasteiger partial charge in [-0.2, -0.15) is 0 Å². The number of carbonyl (C=O) groups is 1. The molecular weight excluding hydrogens is 770 g/mol. The van der Waals surface area contributed by atoms with Gasteiger partial charge in [-0.3, -0.25) is 4.79 Å². The lowest BCUT2D eigenvalue weighted by atomic mass is 9.96. The second kappa shape index (κ2) is 26.8. The second-order valence-corrected chi connectivity index (χ2v) is 15.5. The first-order chi connectivity index (χ1) is 27.8. The van der Waals surface area contributed by atoms with E-state index < -0.39 is 124 Å². The lowest BCUT2D eigenvalue weighted by Gasteiger charge is -2.48. The molecule has 0 aromatic rings. The SMILES string of the molecule is CCCCCCCCCC/C=C/C(O)C(COC1OC(CO)C(OC2OC(CO)C(OC3OC(CO)C(O)C(O)C3O)C(O)C2O)C(O)C1O)NC(=O)CCCCC. The number of amides is 1. The van der Waals surface area contributed by atoms with Crippen molar-refractivity contribution >= 4 is 5.91 Å². The van der Waals surface area contributed by atoms with Crippen LogP contribution in [0.1, 0.15) is 97.3 Å². The second-order valence-electron chi connectivity index (χ2n) is 15.5. The Bertz CT molecular complexity index is 1150. The highest BCUT2D eigenvalue weighted by Crippen LogP contribution is 2.32. The molecule has 3 aliphatic rings. The molecule has 0 aromatic carbocycles. The number of unbranched alkanes of at least 4 members (excludes halogenated alkanes) is 10. The average Bonchev–Trinajstić information content (AvgIpc) is 3.21. The molecule has 0 aromatic heterocycles. The summed E-state index contributed by atoms with van der Waals surface area (Å²) in [5, 5.41) is 118. The smallest absolute Gasteiger partial charge is 0.220 e. The first-order valence-corrected chi connectivity index (χ1v) is 20.9. The standard InChI is InChI=1S/C39H71NO18/c1-3-5-7-8-9-10-11-12-13-15-16-23(44)22(40-27(45)17-14-6-4-2)21-53-37-33(51)30(48)35(25(19-42)55-37)58-39-34(52)31(49)36(26(20-43)56-39)57-38-32(50)29(47)28(46)24(18-41)54-38/h15-16,22-26,28-39,41-44,46-52H,3-14,17-21H2,1-2H3,(H,40,45)/b16-15+. The molecular formula is C39H71NO18. The summed E-state index contributed by atoms with van der Waals surface area (Å²) in [6.07, 6.45) is -10.6. The van der Waals surface area contributed by atoms with Crippen molar-refractivity contribution < 1.29 is 89.4 Å². The Morgan fingerprint density at radius 3 is 1.62 bits per heavy atom. The summed E-state index contributed by atoms with van der Waals surface area (Å²) >= 11 is 0. The van der Waals surface area contributed by atoms with Crippen molar-refractivity contribution in [2.45, 2.75) is 202 Å². The van der Waals surface area contributed by atoms with Gasteiger partial charge in [-0.05, 0) is 19.3 Å². The molecule has 3 rings (SSSR count). The first kappa shape index (κ1) is 50.9. The van der Waals surface area contributed by atoms with Crippen LogP contribution in [0.2, 0.25) is 0 Å². The molecule has 58 heavy (non-hydrogen) atoms. The van der Waals surface area contributed by atoms with Crippen molar-refractivity contribution in [2.24, 2.45) is 0 Å². The van der Waals surface area contributed by atoms with Gasteiger partial charge in [0.2, 0.25) is 5.91 Å². The number of carbonyl (C=O) groups excluding carboxylic acids is 1. The van der Waals surface area contributed by atoms with Gasteiger partial charge in [0.1, 0.15) is 73.2 Å². The van der Waals surface area contributed by atoms with E-state index in [1.807, 2.05) is 13.0 Å². The van der Waals surface area contributed by atoms with Crippen LogP contribution in [0.15, 0.2) is 12.2 Å². The summed E-state index contributed by atoms with van der Waals surface area (Å²) in [5.74, 6) is -0.306. The molecule has 3 fully saturated rings. The number of hydrogen-bond acceptors (Lipinski definition) is 18. The fraction of sp³-hybridized carbons (Fsp3) is 0.923. The maximum atomic E-state index is 12.8. The highest BCUT2D eigenvalue weighted by molar-refractivity contribution is 5.76. The fourth-order valence-electron chi connectivity index (χ4n) is 7.19. The van der Waals surface area contributed by atoms with Gasteiger partial charge in [0, 0.05) is 6.42 Å². The lowest BCUT2D eigenvalue weighted by Crippen LogP contribution is -2.66. The zero-order valence-corrected chi connectivity index (χ0v) is 33.8. The number of aliphatic hydroxyl groups excluding tert-OH is 11. The fourth-order valence-corrected chi connectivity index (χ4v) is 7.19. The minimum atomic E-state index is -1.97. The normalized spacial score (nSPS) is 36.9. The molecule has 17 atom stereocenters. The topological polar surface area (TPSA) is 307 Å². The molecule has 0 saturated carbocycles. The van der Waals surface area contributed by atoms with Crippen molar-refractivity contribution in [1.29, 1.82) is 0 Å². The largest absolute Gasteiger partial charge is 0.394 e. The Morgan fingerprint density at radius 1 is 0.603 bits per heavy atom. The van der Waals surface area contributed by atoms with Gasteiger partial charge in [0.15, 0.2) is 18.9 Å². The van der Waals surface area contributed by atoms with E-state index in [2.05, 4.69) is 12.2 Å². The molecule has 340 valence electrons. The minimum absolute atomic E-state index is 0.230. The predicted molar refractivity (Wildman–Crippen MR) is 203 cm³/mol. The van der Waals surface area contributed by atoms with Crippen LogP contribution in [0.25, 0.3) is 0 Å². The van der Waals surface area contributed by atoms with Gasteiger partial charge in [-0.1, -0.05) is 83.8 Å². The van der Waals surface area contributed by atoms with Gasteiger partial charge in [-0.15, -0.1) is 0 Å². The van der Waals surface area contributed by atoms with Crippen LogP contribution < -0.4 is 5.32 Å². The quantitative estimate of drug-likeness (QED) is 0.0330. The Hall–Kier alpha value is -1.47. The van der Waals surface area contributed by atoms with Crippen LogP contribution in [0, 0.1) is 0 Å². The molecule has 0 radical (unpaired) electrons. The summed E-state index contributed by atoms with van der Waals surface area (Å²) in [6.45, 7) is 1.43. The number of allylic oxidation sites excluding steroid dienone is 1. The number of nitrogens with one attached hydrogen (secondary N) is 1. The Kier molecular flexibility index (Phi) is 23.5. The number of ether oxygens (including phenoxy) is 6. The van der Waals surface area contributed by atoms with Crippen molar-refractivity contribution in [3.05, 3.63) is 12.2 Å². The summed E-state index contributed by atoms with van der Waals surface area (Å²) in [6, 6.07) is -0.959. The van der Waals surface area contributed by atoms with E-state index in [4.69, 9.17) is 28.4 Å². The van der Waals surface area contributed by atoms with Crippen LogP contribution in [0.3, 0.4) is 0 Å². The van der Waals surface area contributed by atoms with Gasteiger partial charge in [-0.25, -0.2) is 0 Å². The van der Waals surface area contributed by atoms with Crippen molar-refractivity contribution in [1.82, 2.24) is 5.32 Å². The van der Waals surface area contributed by atoms with Gasteiger partial charge >= 0.3 is 0 Å². The Balaban J connectivity index is 1.61. The molecule has 1 amide bonds. The van der Waals surface area contributed by atoms with E-state index in [9.17, 15) is 61.0 Å². The van der Waals surface area contributed by atoms with Gasteiger partial charge in [0.05, 0.1) is 38.6 Å². The zero-order chi connectivity index (χ0) is 42.8. The molecule has 12 N–H and O–H groups in total. The van der Waals surface area contributed by atoms with Crippen LogP contribution in [0.4, 0.5) is 0 Å². The number of aliphatic hydroxyl groups is 11. The van der Waals surface area contributed by atoms with Crippen LogP contribution in [-0.4, -0.2) is 193 Å². The molecule has 17 unspecified atom stereocenters. The highest BCUT2D eigenvalue weighted by Gasteiger charge is 2.53. The molecule has 19 nitrogen and oxygen atoms in total. The van der Waals surface area contributed by atoms with Crippen LogP contribution in [-0.2, 0) is 33.2 Å². The maximum absolute atomic E-state index is 12.8. The van der Waals surface area contributed by atoms with Crippen molar-refractivity contribution in [2.75, 3.05) is 26.4 Å². The monoisotopic (exact) mass is 841 g/mol. The maximum Gasteiger partial charge on any atom is 0.220 e. The van der Waals surface area contributed by atoms with Crippen LogP contribution >= 0.6 is 0 Å². The molecule has 0 aliphatic carbocycles. The summed E-state index contributed by atoms with van der Waals surface area (Å²) < 4.78 is 33.7. The van der Waals surface area contributed by atoms with Gasteiger partial charge < -0.3 is 89.9 Å². The molecule has 3 aliphatic heterocycles. The van der Waals surface area contributed by atoms with Crippen molar-refractivity contribution in [3.63, 3.8) is 0 Å². The molecule has 19 heteroatoms. The van der Waals surface area contributed by atoms with E-state index in [1.165, 1.54) is 32.1 Å². The number of rotatable bonds is 26. The Morgan fingerprint density at radius 2 is 1.07 bits per heavy atom.